The minimum Gasteiger partial charge on any atom is -0.351 e. The molecule has 0 aromatic heterocycles. The van der Waals surface area contributed by atoms with Crippen LogP contribution in [0.4, 0.5) is 0 Å². The quantitative estimate of drug-likeness (QED) is 0.663. The van der Waals surface area contributed by atoms with Gasteiger partial charge in [-0.05, 0) is 18.2 Å². The van der Waals surface area contributed by atoms with Gasteiger partial charge in [0.05, 0.1) is 10.6 Å². The second-order valence-corrected chi connectivity index (χ2v) is 4.49. The number of halogens is 3. The lowest BCUT2D eigenvalue weighted by Gasteiger charge is -2.04. The average Bonchev–Trinajstić information content (AvgIpc) is 2.14. The van der Waals surface area contributed by atoms with Gasteiger partial charge in [0, 0.05) is 16.0 Å². The third-order valence-corrected chi connectivity index (χ3v) is 2.64. The number of nitrogens with one attached hydrogen (secondary N) is 1. The highest BCUT2D eigenvalue weighted by Gasteiger charge is 2.09. The minimum atomic E-state index is -0.164. The van der Waals surface area contributed by atoms with Crippen molar-refractivity contribution in [3.63, 3.8) is 0 Å². The van der Waals surface area contributed by atoms with E-state index in [1.165, 1.54) is 0 Å². The third kappa shape index (κ3) is 3.29. The zero-order valence-corrected chi connectivity index (χ0v) is 10.9. The standard InChI is InChI=1S/C9H8Cl2INO/c10-6-1-2-7(8(11)5-6)9(14)13-4-3-12/h1-2,5H,3-4H2,(H,13,14). The first kappa shape index (κ1) is 12.1. The smallest absolute Gasteiger partial charge is 0.252 e. The summed E-state index contributed by atoms with van der Waals surface area (Å²) in [6, 6.07) is 4.82. The molecule has 0 aliphatic rings. The summed E-state index contributed by atoms with van der Waals surface area (Å²) in [7, 11) is 0. The second-order valence-electron chi connectivity index (χ2n) is 2.57. The minimum absolute atomic E-state index is 0.164. The molecule has 0 saturated heterocycles. The molecular formula is C9H8Cl2INO. The van der Waals surface area contributed by atoms with Crippen LogP contribution in [0.2, 0.25) is 10.0 Å². The normalized spacial score (nSPS) is 9.93. The number of carbonyl (C=O) groups excluding carboxylic acids is 1. The Morgan fingerprint density at radius 2 is 2.14 bits per heavy atom. The number of amides is 1. The largest absolute Gasteiger partial charge is 0.351 e. The summed E-state index contributed by atoms with van der Waals surface area (Å²) in [6.07, 6.45) is 0. The van der Waals surface area contributed by atoms with Crippen molar-refractivity contribution in [3.8, 4) is 0 Å². The SMILES string of the molecule is O=C(NCCI)c1ccc(Cl)cc1Cl. The van der Waals surface area contributed by atoms with Crippen LogP contribution in [0.25, 0.3) is 0 Å². The van der Waals surface area contributed by atoms with Gasteiger partial charge in [-0.3, -0.25) is 4.79 Å². The number of hydrogen-bond donors (Lipinski definition) is 1. The van der Waals surface area contributed by atoms with Crippen molar-refractivity contribution >= 4 is 51.7 Å². The van der Waals surface area contributed by atoms with Crippen LogP contribution in [-0.4, -0.2) is 16.9 Å². The summed E-state index contributed by atoms with van der Waals surface area (Å²) >= 11 is 13.8. The molecule has 76 valence electrons. The predicted molar refractivity (Wildman–Crippen MR) is 67.7 cm³/mol. The Labute approximate surface area is 106 Å². The molecule has 1 aromatic carbocycles. The Kier molecular flexibility index (Phi) is 4.98. The fraction of sp³-hybridized carbons (Fsp3) is 0.222. The molecule has 0 heterocycles. The Hall–Kier alpha value is -0.000000000000000111. The molecule has 2 nitrogen and oxygen atoms in total. The number of benzene rings is 1. The molecule has 0 unspecified atom stereocenters. The van der Waals surface area contributed by atoms with E-state index in [0.29, 0.717) is 22.2 Å². The van der Waals surface area contributed by atoms with Crippen molar-refractivity contribution in [3.05, 3.63) is 33.8 Å². The summed E-state index contributed by atoms with van der Waals surface area (Å²) in [4.78, 5) is 11.5. The van der Waals surface area contributed by atoms with E-state index in [2.05, 4.69) is 27.9 Å². The third-order valence-electron chi connectivity index (χ3n) is 1.56. The van der Waals surface area contributed by atoms with Crippen LogP contribution in [0.3, 0.4) is 0 Å². The molecule has 14 heavy (non-hydrogen) atoms. The highest BCUT2D eigenvalue weighted by Crippen LogP contribution is 2.20. The van der Waals surface area contributed by atoms with Crippen molar-refractivity contribution in [2.75, 3.05) is 11.0 Å². The van der Waals surface area contributed by atoms with Gasteiger partial charge >= 0.3 is 0 Å². The van der Waals surface area contributed by atoms with Crippen molar-refractivity contribution in [1.29, 1.82) is 0 Å². The van der Waals surface area contributed by atoms with E-state index in [-0.39, 0.29) is 5.91 Å². The maximum absolute atomic E-state index is 11.5. The van der Waals surface area contributed by atoms with Crippen LogP contribution >= 0.6 is 45.8 Å². The molecule has 0 bridgehead atoms. The van der Waals surface area contributed by atoms with Crippen LogP contribution < -0.4 is 5.32 Å². The Morgan fingerprint density at radius 3 is 2.71 bits per heavy atom. The molecule has 0 aliphatic heterocycles. The molecule has 0 aliphatic carbocycles. The summed E-state index contributed by atoms with van der Waals surface area (Å²) in [5.74, 6) is -0.164. The van der Waals surface area contributed by atoms with E-state index in [1.54, 1.807) is 18.2 Å². The molecule has 1 rings (SSSR count). The van der Waals surface area contributed by atoms with Gasteiger partial charge in [0.1, 0.15) is 0 Å². The van der Waals surface area contributed by atoms with E-state index < -0.39 is 0 Å². The monoisotopic (exact) mass is 343 g/mol. The fourth-order valence-corrected chi connectivity index (χ4v) is 1.69. The lowest BCUT2D eigenvalue weighted by atomic mass is 10.2. The maximum atomic E-state index is 11.5. The molecule has 0 atom stereocenters. The Morgan fingerprint density at radius 1 is 1.43 bits per heavy atom. The van der Waals surface area contributed by atoms with Crippen LogP contribution in [0.15, 0.2) is 18.2 Å². The highest BCUT2D eigenvalue weighted by molar-refractivity contribution is 14.1. The molecule has 5 heteroatoms. The highest BCUT2D eigenvalue weighted by atomic mass is 127. The van der Waals surface area contributed by atoms with Gasteiger partial charge in [0.2, 0.25) is 0 Å². The van der Waals surface area contributed by atoms with Crippen LogP contribution in [0.1, 0.15) is 10.4 Å². The Bertz CT molecular complexity index is 344. The summed E-state index contributed by atoms with van der Waals surface area (Å²) in [5.41, 5.74) is 0.459. The first-order valence-electron chi connectivity index (χ1n) is 3.94. The Balaban J connectivity index is 2.80. The first-order valence-corrected chi connectivity index (χ1v) is 6.22. The summed E-state index contributed by atoms with van der Waals surface area (Å²) in [6.45, 7) is 0.637. The van der Waals surface area contributed by atoms with E-state index in [4.69, 9.17) is 23.2 Å². The average molecular weight is 344 g/mol. The second kappa shape index (κ2) is 5.78. The molecule has 0 saturated carbocycles. The van der Waals surface area contributed by atoms with E-state index >= 15 is 0 Å². The maximum Gasteiger partial charge on any atom is 0.252 e. The van der Waals surface area contributed by atoms with Crippen molar-refractivity contribution < 1.29 is 4.79 Å². The van der Waals surface area contributed by atoms with E-state index in [1.807, 2.05) is 0 Å². The van der Waals surface area contributed by atoms with Crippen LogP contribution in [0.5, 0.6) is 0 Å². The number of carbonyl (C=O) groups is 1. The van der Waals surface area contributed by atoms with Gasteiger partial charge in [-0.15, -0.1) is 0 Å². The molecule has 0 fully saturated rings. The molecule has 1 N–H and O–H groups in total. The van der Waals surface area contributed by atoms with E-state index in [9.17, 15) is 4.79 Å². The number of rotatable bonds is 3. The molecular weight excluding hydrogens is 336 g/mol. The molecule has 1 amide bonds. The molecule has 0 radical (unpaired) electrons. The first-order chi connectivity index (χ1) is 6.65. The zero-order valence-electron chi connectivity index (χ0n) is 7.19. The van der Waals surface area contributed by atoms with Gasteiger partial charge in [-0.2, -0.15) is 0 Å². The van der Waals surface area contributed by atoms with Gasteiger partial charge in [0.15, 0.2) is 0 Å². The van der Waals surface area contributed by atoms with Crippen molar-refractivity contribution in [2.45, 2.75) is 0 Å². The fourth-order valence-electron chi connectivity index (χ4n) is 0.930. The topological polar surface area (TPSA) is 29.1 Å². The van der Waals surface area contributed by atoms with Crippen molar-refractivity contribution in [2.24, 2.45) is 0 Å². The van der Waals surface area contributed by atoms with Gasteiger partial charge < -0.3 is 5.32 Å². The number of hydrogen-bond acceptors (Lipinski definition) is 1. The van der Waals surface area contributed by atoms with Gasteiger partial charge in [-0.1, -0.05) is 45.8 Å². The summed E-state index contributed by atoms with van der Waals surface area (Å²) < 4.78 is 0.870. The molecule has 1 aromatic rings. The van der Waals surface area contributed by atoms with E-state index in [0.717, 1.165) is 4.43 Å². The number of alkyl halides is 1. The molecule has 0 spiro atoms. The van der Waals surface area contributed by atoms with Crippen molar-refractivity contribution in [1.82, 2.24) is 5.32 Å². The predicted octanol–water partition coefficient (Wildman–Crippen LogP) is 3.16. The van der Waals surface area contributed by atoms with Gasteiger partial charge in [-0.25, -0.2) is 0 Å². The van der Waals surface area contributed by atoms with Gasteiger partial charge in [0.25, 0.3) is 5.91 Å². The zero-order chi connectivity index (χ0) is 10.6. The lowest BCUT2D eigenvalue weighted by molar-refractivity contribution is 0.0956. The summed E-state index contributed by atoms with van der Waals surface area (Å²) in [5, 5.41) is 3.64. The van der Waals surface area contributed by atoms with Crippen LogP contribution in [0, 0.1) is 0 Å². The lowest BCUT2D eigenvalue weighted by Crippen LogP contribution is -2.25. The van der Waals surface area contributed by atoms with Crippen LogP contribution in [-0.2, 0) is 0 Å².